The lowest BCUT2D eigenvalue weighted by Gasteiger charge is -2.59. The fourth-order valence-electron chi connectivity index (χ4n) is 7.74. The van der Waals surface area contributed by atoms with Crippen LogP contribution in [-0.4, -0.2) is 110 Å². The van der Waals surface area contributed by atoms with Gasteiger partial charge in [-0.15, -0.1) is 0 Å². The van der Waals surface area contributed by atoms with Crippen LogP contribution in [0.2, 0.25) is 0 Å². The molecule has 0 aromatic rings. The number of likely N-dealkylation sites (tertiary alicyclic amines) is 2. The molecule has 41 heavy (non-hydrogen) atoms. The van der Waals surface area contributed by atoms with Gasteiger partial charge in [0.2, 0.25) is 0 Å². The Kier molecular flexibility index (Phi) is 9.20. The van der Waals surface area contributed by atoms with Gasteiger partial charge in [-0.25, -0.2) is 0 Å². The average Bonchev–Trinajstić information content (AvgIpc) is 2.84. The highest BCUT2D eigenvalue weighted by Crippen LogP contribution is 2.49. The highest BCUT2D eigenvalue weighted by molar-refractivity contribution is 5.05. The van der Waals surface area contributed by atoms with Crippen molar-refractivity contribution in [2.75, 3.05) is 67.0 Å². The largest absolute Gasteiger partial charge is 0.381 e. The van der Waals surface area contributed by atoms with E-state index >= 15 is 0 Å². The molecule has 0 aliphatic carbocycles. The van der Waals surface area contributed by atoms with Crippen molar-refractivity contribution in [2.45, 2.75) is 135 Å². The smallest absolute Gasteiger partial charge is 0.171 e. The first-order chi connectivity index (χ1) is 18.7. The summed E-state index contributed by atoms with van der Waals surface area (Å²) in [6.45, 7) is 27.8. The Hall–Kier alpha value is -0.320. The standard InChI is InChI=1S/C33H62N2O6/c1-26(2)16-32(17-27(3,4)34(26)11)38-22-30(9,23-39-32)20-36-14-13-15-37-21-31(10)24-40-33(41-25-31)18-28(5,6)35(12)29(7,8)19-33/h13-25H2,1-12H3. The van der Waals surface area contributed by atoms with Gasteiger partial charge in [0.25, 0.3) is 0 Å². The predicted molar refractivity (Wildman–Crippen MR) is 162 cm³/mol. The second-order valence-electron chi connectivity index (χ2n) is 17.1. The zero-order chi connectivity index (χ0) is 30.6. The van der Waals surface area contributed by atoms with Gasteiger partial charge in [-0.1, -0.05) is 13.8 Å². The molecule has 8 nitrogen and oxygen atoms in total. The molecule has 0 radical (unpaired) electrons. The van der Waals surface area contributed by atoms with E-state index in [0.717, 1.165) is 32.1 Å². The molecule has 0 bridgehead atoms. The molecule has 4 fully saturated rings. The summed E-state index contributed by atoms with van der Waals surface area (Å²) in [5.41, 5.74) is -0.216. The molecule has 0 aromatic heterocycles. The first-order valence-corrected chi connectivity index (χ1v) is 15.9. The molecule has 0 aromatic carbocycles. The van der Waals surface area contributed by atoms with E-state index in [2.05, 4.69) is 93.1 Å². The zero-order valence-electron chi connectivity index (χ0n) is 28.5. The third-order valence-corrected chi connectivity index (χ3v) is 10.7. The minimum absolute atomic E-state index is 0.0150. The van der Waals surface area contributed by atoms with E-state index in [4.69, 9.17) is 28.4 Å². The number of piperidine rings is 2. The van der Waals surface area contributed by atoms with E-state index in [1.54, 1.807) is 0 Å². The second kappa shape index (κ2) is 11.2. The lowest BCUT2D eigenvalue weighted by molar-refractivity contribution is -0.342. The number of ether oxygens (including phenoxy) is 6. The van der Waals surface area contributed by atoms with E-state index in [9.17, 15) is 0 Å². The van der Waals surface area contributed by atoms with Gasteiger partial charge < -0.3 is 28.4 Å². The maximum Gasteiger partial charge on any atom is 0.171 e. The maximum atomic E-state index is 6.51. The second-order valence-corrected chi connectivity index (χ2v) is 17.1. The van der Waals surface area contributed by atoms with Crippen molar-refractivity contribution < 1.29 is 28.4 Å². The molecule has 0 unspecified atom stereocenters. The van der Waals surface area contributed by atoms with Crippen LogP contribution < -0.4 is 0 Å². The van der Waals surface area contributed by atoms with Crippen molar-refractivity contribution in [3.63, 3.8) is 0 Å². The summed E-state index contributed by atoms with van der Waals surface area (Å²) in [5, 5.41) is 0. The van der Waals surface area contributed by atoms with Crippen molar-refractivity contribution in [3.05, 3.63) is 0 Å². The Labute approximate surface area is 251 Å². The van der Waals surface area contributed by atoms with E-state index in [1.165, 1.54) is 0 Å². The molecule has 4 heterocycles. The van der Waals surface area contributed by atoms with Crippen molar-refractivity contribution >= 4 is 0 Å². The van der Waals surface area contributed by atoms with Gasteiger partial charge in [-0.3, -0.25) is 9.80 Å². The van der Waals surface area contributed by atoms with Crippen LogP contribution in [0.25, 0.3) is 0 Å². The summed E-state index contributed by atoms with van der Waals surface area (Å²) in [7, 11) is 4.42. The Morgan fingerprint density at radius 1 is 0.488 bits per heavy atom. The highest BCUT2D eigenvalue weighted by atomic mass is 16.7. The predicted octanol–water partition coefficient (Wildman–Crippen LogP) is 5.47. The third kappa shape index (κ3) is 7.33. The average molecular weight is 583 g/mol. The summed E-state index contributed by atoms with van der Waals surface area (Å²) in [6, 6.07) is 0. The number of nitrogens with zero attached hydrogens (tertiary/aromatic N) is 2. The van der Waals surface area contributed by atoms with Crippen LogP contribution in [0.1, 0.15) is 101 Å². The van der Waals surface area contributed by atoms with Gasteiger partial charge >= 0.3 is 0 Å². The Balaban J connectivity index is 1.13. The van der Waals surface area contributed by atoms with Gasteiger partial charge in [0.15, 0.2) is 11.6 Å². The molecular weight excluding hydrogens is 520 g/mol. The molecule has 0 saturated carbocycles. The van der Waals surface area contributed by atoms with E-state index in [1.807, 2.05) is 0 Å². The maximum absolute atomic E-state index is 6.51. The first kappa shape index (κ1) is 33.6. The van der Waals surface area contributed by atoms with Crippen LogP contribution >= 0.6 is 0 Å². The van der Waals surface area contributed by atoms with E-state index in [-0.39, 0.29) is 33.0 Å². The van der Waals surface area contributed by atoms with Gasteiger partial charge in [0.05, 0.1) is 39.6 Å². The SMILES string of the molecule is CN1C(C)(C)CC2(CC1(C)C)OCC(C)(COCCCOCC1(C)COC3(CC(C)(C)N(C)C(C)(C)C3)OC1)CO2. The fraction of sp³-hybridized carbons (Fsp3) is 1.00. The summed E-state index contributed by atoms with van der Waals surface area (Å²) in [6.07, 6.45) is 4.34. The molecule has 0 amide bonds. The fourth-order valence-corrected chi connectivity index (χ4v) is 7.74. The van der Waals surface area contributed by atoms with Gasteiger partial charge in [-0.05, 0) is 75.9 Å². The van der Waals surface area contributed by atoms with Crippen molar-refractivity contribution in [1.82, 2.24) is 9.80 Å². The summed E-state index contributed by atoms with van der Waals surface area (Å²) < 4.78 is 38.2. The minimum atomic E-state index is -0.505. The summed E-state index contributed by atoms with van der Waals surface area (Å²) >= 11 is 0. The monoisotopic (exact) mass is 582 g/mol. The van der Waals surface area contributed by atoms with Gasteiger partial charge in [0.1, 0.15) is 0 Å². The lowest BCUT2D eigenvalue weighted by atomic mass is 9.75. The van der Waals surface area contributed by atoms with E-state index < -0.39 is 11.6 Å². The molecule has 4 saturated heterocycles. The summed E-state index contributed by atoms with van der Waals surface area (Å²) in [4.78, 5) is 4.91. The highest BCUT2D eigenvalue weighted by Gasteiger charge is 2.56. The Morgan fingerprint density at radius 3 is 1.02 bits per heavy atom. The molecule has 4 aliphatic heterocycles. The van der Waals surface area contributed by atoms with Gasteiger partial charge in [0, 0.05) is 71.9 Å². The molecule has 4 rings (SSSR count). The molecule has 0 N–H and O–H groups in total. The van der Waals surface area contributed by atoms with Crippen LogP contribution in [0.5, 0.6) is 0 Å². The quantitative estimate of drug-likeness (QED) is 0.349. The molecular formula is C33H62N2O6. The zero-order valence-corrected chi connectivity index (χ0v) is 28.5. The number of hydrogen-bond donors (Lipinski definition) is 0. The van der Waals surface area contributed by atoms with Crippen molar-refractivity contribution in [2.24, 2.45) is 10.8 Å². The summed E-state index contributed by atoms with van der Waals surface area (Å²) in [5.74, 6) is -1.01. The van der Waals surface area contributed by atoms with E-state index in [0.29, 0.717) is 52.9 Å². The van der Waals surface area contributed by atoms with Crippen LogP contribution in [0, 0.1) is 10.8 Å². The molecule has 2 spiro atoms. The Bertz CT molecular complexity index is 787. The topological polar surface area (TPSA) is 61.9 Å². The number of rotatable bonds is 8. The molecule has 0 atom stereocenters. The molecule has 8 heteroatoms. The number of hydrogen-bond acceptors (Lipinski definition) is 8. The van der Waals surface area contributed by atoms with Crippen LogP contribution in [0.15, 0.2) is 0 Å². The normalized spacial score (nSPS) is 31.3. The van der Waals surface area contributed by atoms with Crippen LogP contribution in [0.4, 0.5) is 0 Å². The van der Waals surface area contributed by atoms with Crippen molar-refractivity contribution in [1.29, 1.82) is 0 Å². The third-order valence-electron chi connectivity index (χ3n) is 10.7. The first-order valence-electron chi connectivity index (χ1n) is 15.9. The van der Waals surface area contributed by atoms with Gasteiger partial charge in [-0.2, -0.15) is 0 Å². The minimum Gasteiger partial charge on any atom is -0.381 e. The Morgan fingerprint density at radius 2 is 0.756 bits per heavy atom. The molecule has 4 aliphatic rings. The van der Waals surface area contributed by atoms with Crippen molar-refractivity contribution in [3.8, 4) is 0 Å². The van der Waals surface area contributed by atoms with Crippen LogP contribution in [0.3, 0.4) is 0 Å². The lowest BCUT2D eigenvalue weighted by Crippen LogP contribution is -2.67. The van der Waals surface area contributed by atoms with Crippen LogP contribution in [-0.2, 0) is 28.4 Å². The molecule has 240 valence electrons.